The summed E-state index contributed by atoms with van der Waals surface area (Å²) in [5.41, 5.74) is 0. The number of fused-ring (bicyclic) bond motifs is 1. The smallest absolute Gasteiger partial charge is 0.243 e. The van der Waals surface area contributed by atoms with Crippen LogP contribution in [0.2, 0.25) is 0 Å². The van der Waals surface area contributed by atoms with Crippen molar-refractivity contribution in [3.8, 4) is 0 Å². The molecule has 2 aromatic rings. The van der Waals surface area contributed by atoms with Crippen LogP contribution in [0, 0.1) is 0 Å². The first-order valence-corrected chi connectivity index (χ1v) is 8.93. The third-order valence-electron chi connectivity index (χ3n) is 4.27. The van der Waals surface area contributed by atoms with Gasteiger partial charge in [-0.1, -0.05) is 25.5 Å². The molecule has 1 aliphatic rings. The predicted octanol–water partition coefficient (Wildman–Crippen LogP) is 3.19. The van der Waals surface area contributed by atoms with Crippen LogP contribution in [0.25, 0.3) is 10.8 Å². The molecule has 3 rings (SSSR count). The third kappa shape index (κ3) is 2.56. The summed E-state index contributed by atoms with van der Waals surface area (Å²) < 4.78 is 27.9. The van der Waals surface area contributed by atoms with Crippen LogP contribution in [-0.2, 0) is 10.0 Å². The molecule has 0 radical (unpaired) electrons. The minimum Gasteiger partial charge on any atom is -0.264 e. The van der Waals surface area contributed by atoms with Crippen molar-refractivity contribution in [3.05, 3.63) is 36.7 Å². The number of hydrogen-bond donors (Lipinski definition) is 0. The fourth-order valence-corrected chi connectivity index (χ4v) is 5.13. The molecule has 0 amide bonds. The summed E-state index contributed by atoms with van der Waals surface area (Å²) in [6.45, 7) is 2.69. The Hall–Kier alpha value is -1.46. The third-order valence-corrected chi connectivity index (χ3v) is 6.28. The maximum Gasteiger partial charge on any atom is 0.243 e. The molecule has 2 heterocycles. The van der Waals surface area contributed by atoms with Crippen molar-refractivity contribution in [1.29, 1.82) is 0 Å². The summed E-state index contributed by atoms with van der Waals surface area (Å²) in [4.78, 5) is 4.48. The first kappa shape index (κ1) is 14.5. The van der Waals surface area contributed by atoms with Crippen LogP contribution in [0.5, 0.6) is 0 Å². The van der Waals surface area contributed by atoms with E-state index in [-0.39, 0.29) is 6.04 Å². The van der Waals surface area contributed by atoms with E-state index >= 15 is 0 Å². The van der Waals surface area contributed by atoms with Gasteiger partial charge in [-0.25, -0.2) is 8.42 Å². The molecule has 112 valence electrons. The molecule has 0 aliphatic carbocycles. The minimum absolute atomic E-state index is 0.126. The summed E-state index contributed by atoms with van der Waals surface area (Å²) in [6, 6.07) is 7.31. The van der Waals surface area contributed by atoms with Crippen molar-refractivity contribution in [2.45, 2.75) is 43.5 Å². The molecular weight excluding hydrogens is 284 g/mol. The number of sulfonamides is 1. The fourth-order valence-electron chi connectivity index (χ4n) is 3.14. The standard InChI is InChI=1S/C16H20N2O2S/c1-2-14-7-3-4-11-18(14)21(19,20)16-8-5-6-13-12-17-10-9-15(13)16/h5-6,8-10,12,14H,2-4,7,11H2,1H3. The quantitative estimate of drug-likeness (QED) is 0.875. The molecule has 0 saturated carbocycles. The Morgan fingerprint density at radius 1 is 1.29 bits per heavy atom. The lowest BCUT2D eigenvalue weighted by Crippen LogP contribution is -2.43. The zero-order valence-corrected chi connectivity index (χ0v) is 13.0. The Kier molecular flexibility index (Phi) is 3.95. The second kappa shape index (κ2) is 5.73. The van der Waals surface area contributed by atoms with Gasteiger partial charge in [0.25, 0.3) is 0 Å². The minimum atomic E-state index is -3.44. The number of piperidine rings is 1. The average molecular weight is 304 g/mol. The maximum atomic E-state index is 13.1. The van der Waals surface area contributed by atoms with Gasteiger partial charge in [0.1, 0.15) is 0 Å². The molecule has 0 spiro atoms. The second-order valence-electron chi connectivity index (χ2n) is 5.53. The van der Waals surface area contributed by atoms with Crippen molar-refractivity contribution in [2.24, 2.45) is 0 Å². The highest BCUT2D eigenvalue weighted by atomic mass is 32.2. The Morgan fingerprint density at radius 3 is 2.95 bits per heavy atom. The van der Waals surface area contributed by atoms with E-state index in [2.05, 4.69) is 11.9 Å². The van der Waals surface area contributed by atoms with Gasteiger partial charge < -0.3 is 0 Å². The molecular formula is C16H20N2O2S. The van der Waals surface area contributed by atoms with Gasteiger partial charge in [-0.2, -0.15) is 4.31 Å². The van der Waals surface area contributed by atoms with E-state index in [1.165, 1.54) is 0 Å². The fraction of sp³-hybridized carbons (Fsp3) is 0.438. The van der Waals surface area contributed by atoms with Crippen molar-refractivity contribution in [2.75, 3.05) is 6.54 Å². The van der Waals surface area contributed by atoms with Gasteiger partial charge in [-0.3, -0.25) is 4.98 Å². The van der Waals surface area contributed by atoms with Crippen LogP contribution >= 0.6 is 0 Å². The number of hydrogen-bond acceptors (Lipinski definition) is 3. The number of benzene rings is 1. The van der Waals surface area contributed by atoms with Crippen molar-refractivity contribution in [3.63, 3.8) is 0 Å². The topological polar surface area (TPSA) is 50.3 Å². The van der Waals surface area contributed by atoms with Crippen LogP contribution in [0.4, 0.5) is 0 Å². The maximum absolute atomic E-state index is 13.1. The Balaban J connectivity index is 2.12. The van der Waals surface area contributed by atoms with E-state index in [1.807, 2.05) is 6.07 Å². The van der Waals surface area contributed by atoms with Gasteiger partial charge in [0.2, 0.25) is 10.0 Å². The van der Waals surface area contributed by atoms with E-state index in [4.69, 9.17) is 0 Å². The number of pyridine rings is 1. The lowest BCUT2D eigenvalue weighted by atomic mass is 10.0. The first-order chi connectivity index (χ1) is 10.1. The molecule has 0 N–H and O–H groups in total. The molecule has 1 atom stereocenters. The molecule has 1 unspecified atom stereocenters. The van der Waals surface area contributed by atoms with Gasteiger partial charge in [0.15, 0.2) is 0 Å². The van der Waals surface area contributed by atoms with Crippen LogP contribution in [0.1, 0.15) is 32.6 Å². The lowest BCUT2D eigenvalue weighted by molar-refractivity contribution is 0.247. The molecule has 21 heavy (non-hydrogen) atoms. The summed E-state index contributed by atoms with van der Waals surface area (Å²) >= 11 is 0. The van der Waals surface area contributed by atoms with E-state index in [0.717, 1.165) is 36.5 Å². The van der Waals surface area contributed by atoms with Crippen molar-refractivity contribution >= 4 is 20.8 Å². The normalized spacial score (nSPS) is 20.7. The second-order valence-corrected chi connectivity index (χ2v) is 7.39. The summed E-state index contributed by atoms with van der Waals surface area (Å²) in [5.74, 6) is 0. The van der Waals surface area contributed by atoms with Crippen molar-refractivity contribution in [1.82, 2.24) is 9.29 Å². The predicted molar refractivity (Wildman–Crippen MR) is 83.6 cm³/mol. The highest BCUT2D eigenvalue weighted by Gasteiger charge is 2.33. The number of aromatic nitrogens is 1. The Labute approximate surface area is 125 Å². The van der Waals surface area contributed by atoms with E-state index in [9.17, 15) is 8.42 Å². The highest BCUT2D eigenvalue weighted by molar-refractivity contribution is 7.89. The summed E-state index contributed by atoms with van der Waals surface area (Å²) in [6.07, 6.45) is 7.25. The molecule has 5 heteroatoms. The van der Waals surface area contributed by atoms with Crippen LogP contribution in [0.3, 0.4) is 0 Å². The van der Waals surface area contributed by atoms with Crippen LogP contribution < -0.4 is 0 Å². The summed E-state index contributed by atoms with van der Waals surface area (Å²) in [5, 5.41) is 1.62. The summed E-state index contributed by atoms with van der Waals surface area (Å²) in [7, 11) is -3.44. The average Bonchev–Trinajstić information content (AvgIpc) is 2.54. The molecule has 1 aromatic carbocycles. The van der Waals surface area contributed by atoms with Crippen LogP contribution in [-0.4, -0.2) is 30.3 Å². The largest absolute Gasteiger partial charge is 0.264 e. The zero-order valence-electron chi connectivity index (χ0n) is 12.2. The van der Waals surface area contributed by atoms with E-state index in [1.54, 1.807) is 34.9 Å². The number of nitrogens with zero attached hydrogens (tertiary/aromatic N) is 2. The Bertz CT molecular complexity index is 738. The highest BCUT2D eigenvalue weighted by Crippen LogP contribution is 2.30. The molecule has 1 saturated heterocycles. The zero-order chi connectivity index (χ0) is 14.9. The first-order valence-electron chi connectivity index (χ1n) is 7.49. The molecule has 1 aromatic heterocycles. The van der Waals surface area contributed by atoms with Gasteiger partial charge in [0.05, 0.1) is 4.90 Å². The lowest BCUT2D eigenvalue weighted by Gasteiger charge is -2.34. The molecule has 0 bridgehead atoms. The van der Waals surface area contributed by atoms with Gasteiger partial charge in [0, 0.05) is 35.8 Å². The Morgan fingerprint density at radius 2 is 2.14 bits per heavy atom. The molecule has 4 nitrogen and oxygen atoms in total. The van der Waals surface area contributed by atoms with Crippen molar-refractivity contribution < 1.29 is 8.42 Å². The number of rotatable bonds is 3. The van der Waals surface area contributed by atoms with Crippen LogP contribution in [0.15, 0.2) is 41.6 Å². The van der Waals surface area contributed by atoms with Gasteiger partial charge in [-0.05, 0) is 31.4 Å². The molecule has 1 fully saturated rings. The van der Waals surface area contributed by atoms with Gasteiger partial charge >= 0.3 is 0 Å². The van der Waals surface area contributed by atoms with E-state index < -0.39 is 10.0 Å². The van der Waals surface area contributed by atoms with E-state index in [0.29, 0.717) is 11.4 Å². The van der Waals surface area contributed by atoms with Gasteiger partial charge in [-0.15, -0.1) is 0 Å². The monoisotopic (exact) mass is 304 g/mol. The SMILES string of the molecule is CCC1CCCCN1S(=O)(=O)c1cccc2cnccc12. The molecule has 1 aliphatic heterocycles.